The Labute approximate surface area is 98.9 Å². The van der Waals surface area contributed by atoms with E-state index < -0.39 is 0 Å². The summed E-state index contributed by atoms with van der Waals surface area (Å²) < 4.78 is 5.62. The maximum atomic E-state index is 5.62. The molecular weight excluding hydrogens is 200 g/mol. The van der Waals surface area contributed by atoms with E-state index in [1.165, 1.54) is 63.8 Å². The average molecular weight is 228 g/mol. The summed E-state index contributed by atoms with van der Waals surface area (Å²) in [6, 6.07) is 1.29. The summed E-state index contributed by atoms with van der Waals surface area (Å²) in [5, 5.41) is 0. The molecule has 0 atom stereocenters. The van der Waals surface area contributed by atoms with Gasteiger partial charge in [0.2, 0.25) is 9.76 Å². The maximum Gasteiger partial charge on any atom is 0.229 e. The average Bonchev–Trinajstić information content (AvgIpc) is 2.26. The minimum Gasteiger partial charge on any atom is -0.417 e. The minimum absolute atomic E-state index is 0.756. The first-order valence-corrected chi connectivity index (χ1v) is 7.88. The van der Waals surface area contributed by atoms with Crippen LogP contribution in [0.4, 0.5) is 0 Å². The zero-order valence-corrected chi connectivity index (χ0v) is 11.7. The van der Waals surface area contributed by atoms with Gasteiger partial charge in [-0.2, -0.15) is 0 Å². The molecule has 0 heterocycles. The lowest BCUT2D eigenvalue weighted by Crippen LogP contribution is -2.00. The highest BCUT2D eigenvalue weighted by molar-refractivity contribution is 6.26. The van der Waals surface area contributed by atoms with Crippen LogP contribution in [0.3, 0.4) is 0 Å². The SMILES string of the molecule is CCCCCCCO[Si]CCCCCC. The highest BCUT2D eigenvalue weighted by Gasteiger charge is 1.93. The van der Waals surface area contributed by atoms with E-state index in [9.17, 15) is 0 Å². The van der Waals surface area contributed by atoms with Gasteiger partial charge in [-0.25, -0.2) is 0 Å². The third-order valence-electron chi connectivity index (χ3n) is 2.58. The quantitative estimate of drug-likeness (QED) is 0.351. The van der Waals surface area contributed by atoms with Crippen LogP contribution in [0.1, 0.15) is 71.6 Å². The van der Waals surface area contributed by atoms with Crippen molar-refractivity contribution in [3.8, 4) is 0 Å². The van der Waals surface area contributed by atoms with Crippen LogP contribution in [0, 0.1) is 0 Å². The predicted molar refractivity (Wildman–Crippen MR) is 69.4 cm³/mol. The van der Waals surface area contributed by atoms with Gasteiger partial charge in [0.1, 0.15) is 0 Å². The Morgan fingerprint density at radius 2 is 1.33 bits per heavy atom. The zero-order valence-electron chi connectivity index (χ0n) is 10.7. The Bertz CT molecular complexity index is 94.7. The van der Waals surface area contributed by atoms with Gasteiger partial charge in [-0.3, -0.25) is 0 Å². The Kier molecular flexibility index (Phi) is 14.3. The van der Waals surface area contributed by atoms with E-state index in [2.05, 4.69) is 13.8 Å². The molecule has 2 heteroatoms. The molecule has 0 aromatic heterocycles. The van der Waals surface area contributed by atoms with E-state index in [1.807, 2.05) is 0 Å². The first-order valence-electron chi connectivity index (χ1n) is 6.76. The molecule has 0 unspecified atom stereocenters. The van der Waals surface area contributed by atoms with Gasteiger partial charge < -0.3 is 4.43 Å². The van der Waals surface area contributed by atoms with Crippen molar-refractivity contribution in [3.63, 3.8) is 0 Å². The third-order valence-corrected chi connectivity index (χ3v) is 3.55. The molecule has 15 heavy (non-hydrogen) atoms. The van der Waals surface area contributed by atoms with Crippen molar-refractivity contribution in [2.24, 2.45) is 0 Å². The molecule has 0 aliphatic carbocycles. The number of hydrogen-bond donors (Lipinski definition) is 0. The Hall–Kier alpha value is 0.177. The summed E-state index contributed by atoms with van der Waals surface area (Å²) in [5.74, 6) is 0. The highest BCUT2D eigenvalue weighted by Crippen LogP contribution is 2.04. The molecule has 90 valence electrons. The van der Waals surface area contributed by atoms with Crippen LogP contribution in [-0.4, -0.2) is 16.4 Å². The van der Waals surface area contributed by atoms with E-state index in [0.29, 0.717) is 0 Å². The Morgan fingerprint density at radius 1 is 0.733 bits per heavy atom. The van der Waals surface area contributed by atoms with Crippen LogP contribution >= 0.6 is 0 Å². The fraction of sp³-hybridized carbons (Fsp3) is 1.00. The number of hydrogen-bond acceptors (Lipinski definition) is 1. The normalized spacial score (nSPS) is 10.8. The van der Waals surface area contributed by atoms with E-state index in [1.54, 1.807) is 0 Å². The molecule has 2 radical (unpaired) electrons. The van der Waals surface area contributed by atoms with Crippen molar-refractivity contribution in [2.75, 3.05) is 6.61 Å². The fourth-order valence-electron chi connectivity index (χ4n) is 1.55. The van der Waals surface area contributed by atoms with E-state index in [0.717, 1.165) is 16.4 Å². The van der Waals surface area contributed by atoms with Gasteiger partial charge in [0, 0.05) is 6.61 Å². The van der Waals surface area contributed by atoms with Gasteiger partial charge in [-0.15, -0.1) is 0 Å². The molecule has 0 N–H and O–H groups in total. The molecule has 0 spiro atoms. The second-order valence-electron chi connectivity index (χ2n) is 4.22. The monoisotopic (exact) mass is 228 g/mol. The molecular formula is C13H28OSi. The second kappa shape index (κ2) is 14.2. The van der Waals surface area contributed by atoms with Crippen molar-refractivity contribution >= 4 is 9.76 Å². The fourth-order valence-corrected chi connectivity index (χ4v) is 2.37. The Balaban J connectivity index is 2.81. The van der Waals surface area contributed by atoms with Crippen LogP contribution in [0.5, 0.6) is 0 Å². The van der Waals surface area contributed by atoms with Crippen molar-refractivity contribution in [1.29, 1.82) is 0 Å². The molecule has 0 saturated carbocycles. The molecule has 0 bridgehead atoms. The largest absolute Gasteiger partial charge is 0.417 e. The smallest absolute Gasteiger partial charge is 0.229 e. The molecule has 0 aromatic carbocycles. The maximum absolute atomic E-state index is 5.62. The van der Waals surface area contributed by atoms with Crippen LogP contribution in [-0.2, 0) is 4.43 Å². The van der Waals surface area contributed by atoms with Crippen LogP contribution in [0.25, 0.3) is 0 Å². The molecule has 0 aromatic rings. The van der Waals surface area contributed by atoms with E-state index in [-0.39, 0.29) is 0 Å². The van der Waals surface area contributed by atoms with E-state index in [4.69, 9.17) is 4.43 Å². The van der Waals surface area contributed by atoms with Crippen molar-refractivity contribution in [1.82, 2.24) is 0 Å². The standard InChI is InChI=1S/C13H28OSi/c1-3-5-7-9-10-12-14-15-13-11-8-6-4-2/h3-13H2,1-2H3. The number of rotatable bonds is 12. The summed E-state index contributed by atoms with van der Waals surface area (Å²) in [6.45, 7) is 5.51. The summed E-state index contributed by atoms with van der Waals surface area (Å²) >= 11 is 0. The topological polar surface area (TPSA) is 9.23 Å². The molecule has 0 saturated heterocycles. The molecule has 0 aliphatic heterocycles. The summed E-state index contributed by atoms with van der Waals surface area (Å²) in [6.07, 6.45) is 12.2. The van der Waals surface area contributed by atoms with Gasteiger partial charge in [-0.1, -0.05) is 65.2 Å². The first kappa shape index (κ1) is 15.2. The molecule has 0 fully saturated rings. The molecule has 1 nitrogen and oxygen atoms in total. The molecule has 0 amide bonds. The molecule has 0 rings (SSSR count). The molecule has 0 aliphatic rings. The second-order valence-corrected chi connectivity index (χ2v) is 5.30. The Morgan fingerprint density at radius 3 is 2.00 bits per heavy atom. The lowest BCUT2D eigenvalue weighted by Gasteiger charge is -2.02. The lowest BCUT2D eigenvalue weighted by molar-refractivity contribution is 0.319. The van der Waals surface area contributed by atoms with Crippen LogP contribution in [0.2, 0.25) is 6.04 Å². The van der Waals surface area contributed by atoms with Crippen LogP contribution < -0.4 is 0 Å². The van der Waals surface area contributed by atoms with Crippen molar-refractivity contribution in [2.45, 2.75) is 77.7 Å². The highest BCUT2D eigenvalue weighted by atomic mass is 28.2. The zero-order chi connectivity index (χ0) is 11.2. The van der Waals surface area contributed by atoms with Gasteiger partial charge in [0.15, 0.2) is 0 Å². The van der Waals surface area contributed by atoms with E-state index >= 15 is 0 Å². The summed E-state index contributed by atoms with van der Waals surface area (Å²) in [7, 11) is 0.756. The van der Waals surface area contributed by atoms with Crippen LogP contribution in [0.15, 0.2) is 0 Å². The predicted octanol–water partition coefficient (Wildman–Crippen LogP) is 4.59. The van der Waals surface area contributed by atoms with Crippen molar-refractivity contribution in [3.05, 3.63) is 0 Å². The van der Waals surface area contributed by atoms with Gasteiger partial charge >= 0.3 is 0 Å². The number of unbranched alkanes of at least 4 members (excludes halogenated alkanes) is 7. The van der Waals surface area contributed by atoms with Gasteiger partial charge in [-0.05, 0) is 12.5 Å². The van der Waals surface area contributed by atoms with Crippen molar-refractivity contribution < 1.29 is 4.43 Å². The summed E-state index contributed by atoms with van der Waals surface area (Å²) in [4.78, 5) is 0. The summed E-state index contributed by atoms with van der Waals surface area (Å²) in [5.41, 5.74) is 0. The third kappa shape index (κ3) is 14.2. The first-order chi connectivity index (χ1) is 7.41. The van der Waals surface area contributed by atoms with Gasteiger partial charge in [0.25, 0.3) is 0 Å². The lowest BCUT2D eigenvalue weighted by atomic mass is 10.2. The minimum atomic E-state index is 0.756. The van der Waals surface area contributed by atoms with Gasteiger partial charge in [0.05, 0.1) is 0 Å².